The SMILES string of the molecule is COc1ccc(NC(=O)C(=O)Nc2nccs2)cc1OC. The van der Waals surface area contributed by atoms with Crippen LogP contribution in [0.1, 0.15) is 0 Å². The van der Waals surface area contributed by atoms with E-state index in [9.17, 15) is 9.59 Å². The highest BCUT2D eigenvalue weighted by molar-refractivity contribution is 7.13. The first kappa shape index (κ1) is 14.8. The lowest BCUT2D eigenvalue weighted by Crippen LogP contribution is -2.29. The first-order valence-electron chi connectivity index (χ1n) is 5.88. The van der Waals surface area contributed by atoms with Gasteiger partial charge in [0, 0.05) is 23.3 Å². The number of aromatic nitrogens is 1. The van der Waals surface area contributed by atoms with Gasteiger partial charge in [-0.05, 0) is 12.1 Å². The summed E-state index contributed by atoms with van der Waals surface area (Å²) in [4.78, 5) is 27.3. The number of methoxy groups -OCH3 is 2. The molecule has 2 rings (SSSR count). The quantitative estimate of drug-likeness (QED) is 0.840. The van der Waals surface area contributed by atoms with Gasteiger partial charge < -0.3 is 14.8 Å². The second-order valence-corrected chi connectivity index (χ2v) is 4.71. The number of nitrogens with zero attached hydrogens (tertiary/aromatic N) is 1. The van der Waals surface area contributed by atoms with Crippen molar-refractivity contribution in [1.82, 2.24) is 4.98 Å². The van der Waals surface area contributed by atoms with Gasteiger partial charge >= 0.3 is 11.8 Å². The monoisotopic (exact) mass is 307 g/mol. The number of rotatable bonds is 4. The van der Waals surface area contributed by atoms with Gasteiger partial charge in [-0.3, -0.25) is 14.9 Å². The summed E-state index contributed by atoms with van der Waals surface area (Å²) in [6.07, 6.45) is 1.53. The molecule has 0 saturated carbocycles. The second-order valence-electron chi connectivity index (χ2n) is 3.82. The number of carbonyl (C=O) groups excluding carboxylic acids is 2. The molecule has 0 aliphatic heterocycles. The van der Waals surface area contributed by atoms with Crippen LogP contribution in [0.3, 0.4) is 0 Å². The van der Waals surface area contributed by atoms with Crippen LogP contribution in [-0.4, -0.2) is 31.0 Å². The van der Waals surface area contributed by atoms with Crippen molar-refractivity contribution in [3.05, 3.63) is 29.8 Å². The molecular formula is C13H13N3O4S. The third-order valence-electron chi connectivity index (χ3n) is 2.50. The number of hydrogen-bond acceptors (Lipinski definition) is 6. The van der Waals surface area contributed by atoms with Crippen LogP contribution in [0.4, 0.5) is 10.8 Å². The number of benzene rings is 1. The van der Waals surface area contributed by atoms with Crippen molar-refractivity contribution in [3.8, 4) is 11.5 Å². The molecule has 2 amide bonds. The van der Waals surface area contributed by atoms with Crippen molar-refractivity contribution in [1.29, 1.82) is 0 Å². The zero-order valence-electron chi connectivity index (χ0n) is 11.4. The first-order chi connectivity index (χ1) is 10.1. The van der Waals surface area contributed by atoms with Crippen LogP contribution in [0.5, 0.6) is 11.5 Å². The summed E-state index contributed by atoms with van der Waals surface area (Å²) < 4.78 is 10.2. The van der Waals surface area contributed by atoms with Crippen LogP contribution in [0.25, 0.3) is 0 Å². The van der Waals surface area contributed by atoms with E-state index in [1.54, 1.807) is 23.6 Å². The molecule has 7 nitrogen and oxygen atoms in total. The number of hydrogen-bond donors (Lipinski definition) is 2. The first-order valence-corrected chi connectivity index (χ1v) is 6.76. The number of nitrogens with one attached hydrogen (secondary N) is 2. The molecule has 0 aliphatic rings. The van der Waals surface area contributed by atoms with Crippen LogP contribution in [0.15, 0.2) is 29.8 Å². The molecule has 0 saturated heterocycles. The Morgan fingerprint density at radius 3 is 2.43 bits per heavy atom. The Morgan fingerprint density at radius 2 is 1.81 bits per heavy atom. The lowest BCUT2D eigenvalue weighted by molar-refractivity contribution is -0.132. The Morgan fingerprint density at radius 1 is 1.10 bits per heavy atom. The minimum atomic E-state index is -0.794. The maximum Gasteiger partial charge on any atom is 0.315 e. The van der Waals surface area contributed by atoms with Gasteiger partial charge in [-0.2, -0.15) is 0 Å². The van der Waals surface area contributed by atoms with Gasteiger partial charge in [0.1, 0.15) is 0 Å². The van der Waals surface area contributed by atoms with E-state index in [0.29, 0.717) is 22.3 Å². The maximum atomic E-state index is 11.8. The van der Waals surface area contributed by atoms with E-state index in [4.69, 9.17) is 9.47 Å². The molecule has 0 atom stereocenters. The molecule has 1 aromatic carbocycles. The van der Waals surface area contributed by atoms with E-state index in [0.717, 1.165) is 0 Å². The average Bonchev–Trinajstić information content (AvgIpc) is 2.99. The summed E-state index contributed by atoms with van der Waals surface area (Å²) in [7, 11) is 3.00. The molecule has 2 aromatic rings. The van der Waals surface area contributed by atoms with Gasteiger partial charge in [-0.25, -0.2) is 4.98 Å². The normalized spacial score (nSPS) is 9.81. The molecule has 2 N–H and O–H groups in total. The largest absolute Gasteiger partial charge is 0.493 e. The van der Waals surface area contributed by atoms with E-state index < -0.39 is 11.8 Å². The highest BCUT2D eigenvalue weighted by Crippen LogP contribution is 2.29. The molecule has 0 unspecified atom stereocenters. The van der Waals surface area contributed by atoms with E-state index in [1.165, 1.54) is 31.8 Å². The summed E-state index contributed by atoms with van der Waals surface area (Å²) in [5.41, 5.74) is 0.423. The molecule has 0 fully saturated rings. The highest BCUT2D eigenvalue weighted by atomic mass is 32.1. The third-order valence-corrected chi connectivity index (χ3v) is 3.19. The molecule has 0 radical (unpaired) electrons. The molecule has 110 valence electrons. The Bertz CT molecular complexity index is 643. The zero-order valence-corrected chi connectivity index (χ0v) is 12.2. The molecule has 8 heteroatoms. The Hall–Kier alpha value is -2.61. The van der Waals surface area contributed by atoms with Gasteiger partial charge in [-0.15, -0.1) is 11.3 Å². The fraction of sp³-hybridized carbons (Fsp3) is 0.154. The molecule has 0 spiro atoms. The minimum Gasteiger partial charge on any atom is -0.493 e. The van der Waals surface area contributed by atoms with Crippen molar-refractivity contribution in [2.24, 2.45) is 0 Å². The number of thiazole rings is 1. The van der Waals surface area contributed by atoms with Crippen molar-refractivity contribution in [3.63, 3.8) is 0 Å². The lowest BCUT2D eigenvalue weighted by Gasteiger charge is -2.10. The van der Waals surface area contributed by atoms with Crippen molar-refractivity contribution >= 4 is 34.0 Å². The van der Waals surface area contributed by atoms with Crippen LogP contribution >= 0.6 is 11.3 Å². The van der Waals surface area contributed by atoms with E-state index in [2.05, 4.69) is 15.6 Å². The molecule has 21 heavy (non-hydrogen) atoms. The molecule has 1 aromatic heterocycles. The maximum absolute atomic E-state index is 11.8. The molecule has 1 heterocycles. The summed E-state index contributed by atoms with van der Waals surface area (Å²) >= 11 is 1.23. The molecular weight excluding hydrogens is 294 g/mol. The summed E-state index contributed by atoms with van der Waals surface area (Å²) in [6, 6.07) is 4.80. The van der Waals surface area contributed by atoms with Gasteiger partial charge in [0.15, 0.2) is 16.6 Å². The predicted molar refractivity (Wildman–Crippen MR) is 78.9 cm³/mol. The number of amides is 2. The zero-order chi connectivity index (χ0) is 15.2. The Labute approximate surface area is 124 Å². The van der Waals surface area contributed by atoms with Gasteiger partial charge in [0.25, 0.3) is 0 Å². The van der Waals surface area contributed by atoms with Crippen LogP contribution in [0.2, 0.25) is 0 Å². The van der Waals surface area contributed by atoms with Gasteiger partial charge in [-0.1, -0.05) is 0 Å². The number of carbonyl (C=O) groups is 2. The number of anilines is 2. The van der Waals surface area contributed by atoms with Crippen molar-refractivity contribution in [2.75, 3.05) is 24.9 Å². The third kappa shape index (κ3) is 3.69. The fourth-order valence-electron chi connectivity index (χ4n) is 1.54. The van der Waals surface area contributed by atoms with Crippen LogP contribution in [-0.2, 0) is 9.59 Å². The van der Waals surface area contributed by atoms with Crippen LogP contribution in [0, 0.1) is 0 Å². The minimum absolute atomic E-state index is 0.363. The smallest absolute Gasteiger partial charge is 0.315 e. The lowest BCUT2D eigenvalue weighted by atomic mass is 10.2. The standard InChI is InChI=1S/C13H13N3O4S/c1-19-9-4-3-8(7-10(9)20-2)15-11(17)12(18)16-13-14-5-6-21-13/h3-7H,1-2H3,(H,15,17)(H,14,16,18). The highest BCUT2D eigenvalue weighted by Gasteiger charge is 2.16. The van der Waals surface area contributed by atoms with Gasteiger partial charge in [0.2, 0.25) is 0 Å². The van der Waals surface area contributed by atoms with Crippen molar-refractivity contribution < 1.29 is 19.1 Å². The summed E-state index contributed by atoms with van der Waals surface area (Å²) in [5.74, 6) is -0.601. The number of ether oxygens (including phenoxy) is 2. The molecule has 0 aliphatic carbocycles. The fourth-order valence-corrected chi connectivity index (χ4v) is 2.06. The summed E-state index contributed by atoms with van der Waals surface area (Å²) in [5, 5.41) is 6.92. The Kier molecular flexibility index (Phi) is 4.72. The summed E-state index contributed by atoms with van der Waals surface area (Å²) in [6.45, 7) is 0. The Balaban J connectivity index is 2.03. The van der Waals surface area contributed by atoms with E-state index in [-0.39, 0.29) is 0 Å². The average molecular weight is 307 g/mol. The van der Waals surface area contributed by atoms with Crippen LogP contribution < -0.4 is 20.1 Å². The van der Waals surface area contributed by atoms with Gasteiger partial charge in [0.05, 0.1) is 14.2 Å². The van der Waals surface area contributed by atoms with E-state index >= 15 is 0 Å². The predicted octanol–water partition coefficient (Wildman–Crippen LogP) is 1.74. The topological polar surface area (TPSA) is 89.5 Å². The van der Waals surface area contributed by atoms with E-state index in [1.807, 2.05) is 0 Å². The second kappa shape index (κ2) is 6.71. The molecule has 0 bridgehead atoms. The van der Waals surface area contributed by atoms with Crippen molar-refractivity contribution in [2.45, 2.75) is 0 Å².